The van der Waals surface area contributed by atoms with Crippen molar-refractivity contribution in [2.75, 3.05) is 0 Å². The highest BCUT2D eigenvalue weighted by molar-refractivity contribution is 5.62. The van der Waals surface area contributed by atoms with Gasteiger partial charge < -0.3 is 10.7 Å². The molecule has 5 heteroatoms. The minimum absolute atomic E-state index is 0.433. The maximum Gasteiger partial charge on any atom is 0.327 e. The summed E-state index contributed by atoms with van der Waals surface area (Å²) in [6, 6.07) is 0. The Bertz CT molecular complexity index is 384. The molecule has 2 rings (SSSR count). The van der Waals surface area contributed by atoms with Crippen LogP contribution in [-0.2, 0) is 0 Å². The lowest BCUT2D eigenvalue weighted by atomic mass is 10.6. The van der Waals surface area contributed by atoms with Gasteiger partial charge in [-0.15, -0.1) is 0 Å². The molecule has 1 aliphatic rings. The van der Waals surface area contributed by atoms with Crippen LogP contribution in [-0.4, -0.2) is 16.3 Å². The molecule has 10 heavy (non-hydrogen) atoms. The van der Waals surface area contributed by atoms with Crippen molar-refractivity contribution in [1.82, 2.24) is 15.0 Å². The molecule has 0 spiro atoms. The quantitative estimate of drug-likeness (QED) is 0.410. The normalized spacial score (nSPS) is 14.6. The monoisotopic (exact) mass is 135 g/mol. The number of nitrogens with two attached hydrogens (primary N) is 1. The second-order valence-electron chi connectivity index (χ2n) is 1.86. The van der Waals surface area contributed by atoms with Crippen LogP contribution in [0.4, 0.5) is 0 Å². The maximum atomic E-state index is 5.48. The van der Waals surface area contributed by atoms with E-state index in [1.54, 1.807) is 0 Å². The second-order valence-corrected chi connectivity index (χ2v) is 1.86. The Hall–Kier alpha value is -1.65. The van der Waals surface area contributed by atoms with Gasteiger partial charge in [0.05, 0.1) is 0 Å². The number of fused-ring (bicyclic) bond motifs is 1. The summed E-state index contributed by atoms with van der Waals surface area (Å²) in [5.41, 5.74) is 6.08. The van der Waals surface area contributed by atoms with Gasteiger partial charge in [0.1, 0.15) is 0 Å². The van der Waals surface area contributed by atoms with E-state index in [1.165, 1.54) is 12.7 Å². The molecule has 0 fully saturated rings. The molecule has 0 bridgehead atoms. The topological polar surface area (TPSA) is 81.2 Å². The molecule has 0 unspecified atom stereocenters. The first kappa shape index (κ1) is 5.16. The van der Waals surface area contributed by atoms with Crippen LogP contribution >= 0.6 is 0 Å². The van der Waals surface area contributed by atoms with Gasteiger partial charge in [0.15, 0.2) is 11.7 Å². The Labute approximate surface area is 56.0 Å². The van der Waals surface area contributed by atoms with Crippen molar-refractivity contribution in [1.29, 1.82) is 0 Å². The lowest BCUT2D eigenvalue weighted by Crippen LogP contribution is -2.36. The van der Waals surface area contributed by atoms with Crippen LogP contribution in [0.5, 0.6) is 0 Å². The van der Waals surface area contributed by atoms with E-state index in [4.69, 9.17) is 5.73 Å². The molecule has 1 aliphatic heterocycles. The van der Waals surface area contributed by atoms with Gasteiger partial charge in [-0.05, 0) is 0 Å². The largest absolute Gasteiger partial charge is 0.368 e. The fraction of sp³-hybridized carbons (Fsp3) is 0. The van der Waals surface area contributed by atoms with Crippen molar-refractivity contribution in [3.8, 4) is 0 Å². The molecule has 0 amide bonds. The molecule has 1 radical (unpaired) electrons. The number of hydrogen-bond donors (Lipinski definition) is 2. The lowest BCUT2D eigenvalue weighted by molar-refractivity contribution is 1.10. The van der Waals surface area contributed by atoms with Crippen LogP contribution in [0.15, 0.2) is 11.3 Å². The van der Waals surface area contributed by atoms with E-state index in [2.05, 4.69) is 20.0 Å². The van der Waals surface area contributed by atoms with Crippen molar-refractivity contribution in [3.63, 3.8) is 0 Å². The van der Waals surface area contributed by atoms with Crippen LogP contribution in [0.2, 0.25) is 0 Å². The van der Waals surface area contributed by atoms with Crippen molar-refractivity contribution in [3.05, 3.63) is 17.2 Å². The minimum atomic E-state index is 0.433. The second kappa shape index (κ2) is 1.66. The maximum absolute atomic E-state index is 5.48. The molecule has 1 aromatic rings. The number of aromatic nitrogens is 2. The van der Waals surface area contributed by atoms with Gasteiger partial charge in [-0.25, -0.2) is 0 Å². The molecule has 5 nitrogen and oxygen atoms in total. The number of nitrogens with zero attached hydrogens (tertiary/aromatic N) is 3. The summed E-state index contributed by atoms with van der Waals surface area (Å²) >= 11 is 0. The van der Waals surface area contributed by atoms with E-state index in [1.807, 2.05) is 0 Å². The molecule has 0 aromatic carbocycles. The van der Waals surface area contributed by atoms with Crippen LogP contribution in [0.25, 0.3) is 5.82 Å². The van der Waals surface area contributed by atoms with Crippen molar-refractivity contribution < 1.29 is 0 Å². The van der Waals surface area contributed by atoms with E-state index in [9.17, 15) is 0 Å². The van der Waals surface area contributed by atoms with Crippen LogP contribution in [0, 0.1) is 0 Å². The molecule has 0 saturated heterocycles. The van der Waals surface area contributed by atoms with E-state index in [0.717, 1.165) is 0 Å². The average Bonchev–Trinajstić information content (AvgIpc) is 2.36. The first-order valence-corrected chi connectivity index (χ1v) is 2.77. The molecule has 1 aromatic heterocycles. The Morgan fingerprint density at radius 3 is 3.30 bits per heavy atom. The third kappa shape index (κ3) is 0.540. The Balaban J connectivity index is 3.01. The molecule has 0 atom stereocenters. The summed E-state index contributed by atoms with van der Waals surface area (Å²) in [6.07, 6.45) is 2.92. The summed E-state index contributed by atoms with van der Waals surface area (Å²) in [7, 11) is 0. The van der Waals surface area contributed by atoms with Crippen molar-refractivity contribution in [2.24, 2.45) is 10.7 Å². The van der Waals surface area contributed by atoms with Crippen molar-refractivity contribution in [2.45, 2.75) is 0 Å². The Morgan fingerprint density at radius 1 is 1.60 bits per heavy atom. The lowest BCUT2D eigenvalue weighted by Gasteiger charge is -1.81. The molecular weight excluding hydrogens is 130 g/mol. The fourth-order valence-electron chi connectivity index (χ4n) is 0.784. The van der Waals surface area contributed by atoms with Crippen molar-refractivity contribution >= 4 is 12.2 Å². The number of rotatable bonds is 0. The summed E-state index contributed by atoms with van der Waals surface area (Å²) in [6.45, 7) is 0. The zero-order valence-corrected chi connectivity index (χ0v) is 5.07. The third-order valence-electron chi connectivity index (χ3n) is 1.25. The molecule has 49 valence electrons. The fourth-order valence-corrected chi connectivity index (χ4v) is 0.784. The van der Waals surface area contributed by atoms with Crippen LogP contribution in [0.1, 0.15) is 0 Å². The van der Waals surface area contributed by atoms with Gasteiger partial charge in [0.25, 0.3) is 6.34 Å². The summed E-state index contributed by atoms with van der Waals surface area (Å²) < 4.78 is 0. The zero-order valence-electron chi connectivity index (χ0n) is 5.07. The van der Waals surface area contributed by atoms with Gasteiger partial charge in [0.2, 0.25) is 5.82 Å². The van der Waals surface area contributed by atoms with Gasteiger partial charge in [-0.1, -0.05) is 15.0 Å². The predicted octanol–water partition coefficient (Wildman–Crippen LogP) is -2.57. The van der Waals surface area contributed by atoms with E-state index >= 15 is 0 Å². The molecule has 3 N–H and O–H groups in total. The third-order valence-corrected chi connectivity index (χ3v) is 1.25. The van der Waals surface area contributed by atoms with E-state index in [-0.39, 0.29) is 0 Å². The first-order valence-electron chi connectivity index (χ1n) is 2.77. The first-order chi connectivity index (χ1) is 4.88. The highest BCUT2D eigenvalue weighted by Gasteiger charge is 2.06. The molecule has 0 saturated carbocycles. The Morgan fingerprint density at radius 2 is 2.50 bits per heavy atom. The highest BCUT2D eigenvalue weighted by atomic mass is 15.0. The predicted molar refractivity (Wildman–Crippen MR) is 35.2 cm³/mol. The number of nitrogens with one attached hydrogen (secondary N) is 1. The molecule has 0 aliphatic carbocycles. The van der Waals surface area contributed by atoms with Crippen LogP contribution in [0.3, 0.4) is 0 Å². The zero-order chi connectivity index (χ0) is 6.97. The number of aromatic amines is 1. The summed E-state index contributed by atoms with van der Waals surface area (Å²) in [5.74, 6) is 0.433. The number of H-pyrrole nitrogens is 1. The Kier molecular flexibility index (Phi) is 0.858. The highest BCUT2D eigenvalue weighted by Crippen LogP contribution is 1.77. The van der Waals surface area contributed by atoms with E-state index in [0.29, 0.717) is 16.7 Å². The standard InChI is InChI=1S/C5H5N5/c6-4-3-5(9-1-7-3)10-2-8-4/h1-2H,(H2,6,8)(H,7,9)/q+1. The van der Waals surface area contributed by atoms with Gasteiger partial charge in [-0.3, -0.25) is 0 Å². The summed E-state index contributed by atoms with van der Waals surface area (Å²) in [5, 5.41) is 0.697. The molecular formula is C5H5N5+. The SMILES string of the molecule is NC1=c2[nH]cnc2=[N+]C=N1. The average molecular weight is 135 g/mol. The van der Waals surface area contributed by atoms with Gasteiger partial charge >= 0.3 is 5.49 Å². The number of imidazole rings is 1. The van der Waals surface area contributed by atoms with Gasteiger partial charge in [0, 0.05) is 0 Å². The minimum Gasteiger partial charge on any atom is -0.368 e. The van der Waals surface area contributed by atoms with Gasteiger partial charge in [-0.2, -0.15) is 0 Å². The van der Waals surface area contributed by atoms with E-state index < -0.39 is 0 Å². The number of aliphatic imine (C=N–C) groups is 1. The number of hydrogen-bond acceptors (Lipinski definition) is 4. The van der Waals surface area contributed by atoms with Crippen LogP contribution < -0.4 is 21.6 Å². The smallest absolute Gasteiger partial charge is 0.327 e. The molecule has 2 heterocycles. The summed E-state index contributed by atoms with van der Waals surface area (Å²) in [4.78, 5) is 14.4.